The largest absolute Gasteiger partial charge is 0.322 e. The zero-order valence-corrected chi connectivity index (χ0v) is 12.2. The SMILES string of the molecule is CC1CCC(N(C)CC(=O)Nc2ccccc2F)CC1. The normalized spacial score (nSPS) is 22.8. The fourth-order valence-corrected chi connectivity index (χ4v) is 2.79. The van der Waals surface area contributed by atoms with Crippen molar-refractivity contribution >= 4 is 11.6 Å². The van der Waals surface area contributed by atoms with Crippen LogP contribution in [0.1, 0.15) is 32.6 Å². The van der Waals surface area contributed by atoms with Crippen LogP contribution in [0.15, 0.2) is 24.3 Å². The zero-order valence-electron chi connectivity index (χ0n) is 12.2. The summed E-state index contributed by atoms with van der Waals surface area (Å²) in [5.41, 5.74) is 0.253. The van der Waals surface area contributed by atoms with Crippen molar-refractivity contribution in [3.63, 3.8) is 0 Å². The maximum absolute atomic E-state index is 13.5. The lowest BCUT2D eigenvalue weighted by molar-refractivity contribution is -0.117. The monoisotopic (exact) mass is 278 g/mol. The van der Waals surface area contributed by atoms with Crippen LogP contribution >= 0.6 is 0 Å². The third kappa shape index (κ3) is 4.04. The van der Waals surface area contributed by atoms with Crippen LogP contribution in [-0.2, 0) is 4.79 Å². The third-order valence-electron chi connectivity index (χ3n) is 4.15. The summed E-state index contributed by atoms with van der Waals surface area (Å²) in [7, 11) is 1.97. The topological polar surface area (TPSA) is 32.3 Å². The van der Waals surface area contributed by atoms with Gasteiger partial charge in [-0.05, 0) is 50.8 Å². The molecule has 1 saturated carbocycles. The molecule has 0 spiro atoms. The van der Waals surface area contributed by atoms with Crippen LogP contribution in [0.4, 0.5) is 10.1 Å². The van der Waals surface area contributed by atoms with E-state index >= 15 is 0 Å². The highest BCUT2D eigenvalue weighted by molar-refractivity contribution is 5.92. The smallest absolute Gasteiger partial charge is 0.238 e. The first-order valence-electron chi connectivity index (χ1n) is 7.31. The number of nitrogens with zero attached hydrogens (tertiary/aromatic N) is 1. The quantitative estimate of drug-likeness (QED) is 0.916. The van der Waals surface area contributed by atoms with Crippen molar-refractivity contribution in [1.82, 2.24) is 4.90 Å². The first-order valence-corrected chi connectivity index (χ1v) is 7.31. The second kappa shape index (κ2) is 6.84. The first-order chi connectivity index (χ1) is 9.56. The van der Waals surface area contributed by atoms with Crippen molar-refractivity contribution in [3.05, 3.63) is 30.1 Å². The van der Waals surface area contributed by atoms with E-state index in [0.29, 0.717) is 12.6 Å². The molecular weight excluding hydrogens is 255 g/mol. The van der Waals surface area contributed by atoms with Crippen LogP contribution in [0.25, 0.3) is 0 Å². The van der Waals surface area contributed by atoms with Gasteiger partial charge >= 0.3 is 0 Å². The Labute approximate surface area is 120 Å². The Hall–Kier alpha value is -1.42. The number of anilines is 1. The molecule has 0 aromatic heterocycles. The molecule has 1 aliphatic rings. The number of amides is 1. The van der Waals surface area contributed by atoms with Crippen molar-refractivity contribution in [1.29, 1.82) is 0 Å². The Kier molecular flexibility index (Phi) is 5.12. The molecule has 3 nitrogen and oxygen atoms in total. The molecule has 20 heavy (non-hydrogen) atoms. The molecular formula is C16H23FN2O. The van der Waals surface area contributed by atoms with Gasteiger partial charge < -0.3 is 5.32 Å². The number of benzene rings is 1. The van der Waals surface area contributed by atoms with E-state index in [9.17, 15) is 9.18 Å². The van der Waals surface area contributed by atoms with Crippen molar-refractivity contribution in [2.45, 2.75) is 38.6 Å². The van der Waals surface area contributed by atoms with Crippen LogP contribution in [0.3, 0.4) is 0 Å². The molecule has 1 fully saturated rings. The minimum Gasteiger partial charge on any atom is -0.322 e. The summed E-state index contributed by atoms with van der Waals surface area (Å²) in [4.78, 5) is 14.0. The maximum atomic E-state index is 13.5. The highest BCUT2D eigenvalue weighted by Crippen LogP contribution is 2.26. The van der Waals surface area contributed by atoms with Gasteiger partial charge in [0.15, 0.2) is 0 Å². The highest BCUT2D eigenvalue weighted by atomic mass is 19.1. The predicted octanol–water partition coefficient (Wildman–Crippen LogP) is 3.27. The summed E-state index contributed by atoms with van der Waals surface area (Å²) in [5.74, 6) is 0.248. The predicted molar refractivity (Wildman–Crippen MR) is 79.1 cm³/mol. The van der Waals surface area contributed by atoms with Gasteiger partial charge in [-0.25, -0.2) is 4.39 Å². The third-order valence-corrected chi connectivity index (χ3v) is 4.15. The van der Waals surface area contributed by atoms with E-state index in [1.54, 1.807) is 18.2 Å². The Balaban J connectivity index is 1.84. The molecule has 0 aliphatic heterocycles. The van der Waals surface area contributed by atoms with Crippen molar-refractivity contribution < 1.29 is 9.18 Å². The van der Waals surface area contributed by atoms with Gasteiger partial charge in [-0.1, -0.05) is 19.1 Å². The van der Waals surface area contributed by atoms with Crippen molar-refractivity contribution in [3.8, 4) is 0 Å². The lowest BCUT2D eigenvalue weighted by atomic mass is 9.87. The summed E-state index contributed by atoms with van der Waals surface area (Å²) >= 11 is 0. The van der Waals surface area contributed by atoms with Gasteiger partial charge in [-0.2, -0.15) is 0 Å². The fraction of sp³-hybridized carbons (Fsp3) is 0.562. The van der Waals surface area contributed by atoms with Crippen LogP contribution in [0.2, 0.25) is 0 Å². The van der Waals surface area contributed by atoms with Crippen LogP contribution < -0.4 is 5.32 Å². The average molecular weight is 278 g/mol. The summed E-state index contributed by atoms with van der Waals surface area (Å²) in [6.45, 7) is 2.59. The number of hydrogen-bond donors (Lipinski definition) is 1. The molecule has 0 bridgehead atoms. The molecule has 4 heteroatoms. The summed E-state index contributed by atoms with van der Waals surface area (Å²) in [5, 5.41) is 2.63. The number of likely N-dealkylation sites (N-methyl/N-ethyl adjacent to an activating group) is 1. The van der Waals surface area contributed by atoms with E-state index in [0.717, 1.165) is 18.8 Å². The maximum Gasteiger partial charge on any atom is 0.238 e. The van der Waals surface area contributed by atoms with Gasteiger partial charge in [0.05, 0.1) is 12.2 Å². The standard InChI is InChI=1S/C16H23FN2O/c1-12-7-9-13(10-8-12)19(2)11-16(20)18-15-6-4-3-5-14(15)17/h3-6,12-13H,7-11H2,1-2H3,(H,18,20). The number of hydrogen-bond acceptors (Lipinski definition) is 2. The minimum absolute atomic E-state index is 0.156. The van der Waals surface area contributed by atoms with E-state index < -0.39 is 5.82 Å². The lowest BCUT2D eigenvalue weighted by Crippen LogP contribution is -2.39. The zero-order chi connectivity index (χ0) is 14.5. The number of rotatable bonds is 4. The molecule has 1 amide bonds. The van der Waals surface area contributed by atoms with Gasteiger partial charge in [-0.15, -0.1) is 0 Å². The van der Waals surface area contributed by atoms with Gasteiger partial charge in [-0.3, -0.25) is 9.69 Å². The first kappa shape index (κ1) is 15.0. The van der Waals surface area contributed by atoms with E-state index in [2.05, 4.69) is 17.1 Å². The fourth-order valence-electron chi connectivity index (χ4n) is 2.79. The molecule has 1 N–H and O–H groups in total. The number of carbonyl (C=O) groups excluding carboxylic acids is 1. The Bertz CT molecular complexity index is 456. The molecule has 0 radical (unpaired) electrons. The van der Waals surface area contributed by atoms with Crippen molar-refractivity contribution in [2.75, 3.05) is 18.9 Å². The second-order valence-corrected chi connectivity index (χ2v) is 5.86. The molecule has 0 saturated heterocycles. The summed E-state index contributed by atoms with van der Waals surface area (Å²) < 4.78 is 13.5. The number of para-hydroxylation sites is 1. The van der Waals surface area contributed by atoms with E-state index in [-0.39, 0.29) is 11.6 Å². The van der Waals surface area contributed by atoms with E-state index in [4.69, 9.17) is 0 Å². The molecule has 2 rings (SSSR count). The Morgan fingerprint density at radius 2 is 1.95 bits per heavy atom. The molecule has 110 valence electrons. The molecule has 1 aromatic carbocycles. The summed E-state index contributed by atoms with van der Waals surface area (Å²) in [6, 6.07) is 6.72. The number of nitrogens with one attached hydrogen (secondary N) is 1. The molecule has 1 aliphatic carbocycles. The molecule has 0 heterocycles. The summed E-state index contributed by atoms with van der Waals surface area (Å²) in [6.07, 6.45) is 4.74. The lowest BCUT2D eigenvalue weighted by Gasteiger charge is -2.33. The van der Waals surface area contributed by atoms with Gasteiger partial charge in [0, 0.05) is 6.04 Å². The second-order valence-electron chi connectivity index (χ2n) is 5.86. The van der Waals surface area contributed by atoms with Crippen LogP contribution in [-0.4, -0.2) is 30.4 Å². The Morgan fingerprint density at radius 1 is 1.30 bits per heavy atom. The molecule has 0 atom stereocenters. The van der Waals surface area contributed by atoms with E-state index in [1.807, 2.05) is 7.05 Å². The van der Waals surface area contributed by atoms with Gasteiger partial charge in [0.1, 0.15) is 5.82 Å². The van der Waals surface area contributed by atoms with Gasteiger partial charge in [0.2, 0.25) is 5.91 Å². The highest BCUT2D eigenvalue weighted by Gasteiger charge is 2.23. The molecule has 1 aromatic rings. The minimum atomic E-state index is -0.394. The van der Waals surface area contributed by atoms with Crippen LogP contribution in [0, 0.1) is 11.7 Å². The van der Waals surface area contributed by atoms with Crippen LogP contribution in [0.5, 0.6) is 0 Å². The van der Waals surface area contributed by atoms with Crippen molar-refractivity contribution in [2.24, 2.45) is 5.92 Å². The number of halogens is 1. The Morgan fingerprint density at radius 3 is 2.60 bits per heavy atom. The average Bonchev–Trinajstić information content (AvgIpc) is 2.42. The van der Waals surface area contributed by atoms with Gasteiger partial charge in [0.25, 0.3) is 0 Å². The van der Waals surface area contributed by atoms with E-state index in [1.165, 1.54) is 18.9 Å². The molecule has 0 unspecified atom stereocenters. The number of carbonyl (C=O) groups is 1.